The third kappa shape index (κ3) is 2.23. The highest BCUT2D eigenvalue weighted by atomic mass is 19.1. The molecule has 18 heavy (non-hydrogen) atoms. The fourth-order valence-corrected chi connectivity index (χ4v) is 1.24. The molecule has 86 valence electrons. The van der Waals surface area contributed by atoms with Crippen molar-refractivity contribution in [3.05, 3.63) is 47.4 Å². The van der Waals surface area contributed by atoms with E-state index in [-0.39, 0.29) is 22.8 Å². The van der Waals surface area contributed by atoms with Gasteiger partial charge in [-0.3, -0.25) is 0 Å². The maximum Gasteiger partial charge on any atom is 0.257 e. The lowest BCUT2D eigenvalue weighted by molar-refractivity contribution is 0.420. The molecule has 0 aliphatic rings. The van der Waals surface area contributed by atoms with Crippen molar-refractivity contribution >= 4 is 0 Å². The molecule has 0 bridgehead atoms. The standard InChI is InChI=1S/C12H5FN4O/c13-10-5-8(6-14)1-2-11(10)18-12-9(7-15)3-4-16-17-12/h1-5H. The van der Waals surface area contributed by atoms with Crippen LogP contribution in [0.15, 0.2) is 30.5 Å². The number of hydrogen-bond acceptors (Lipinski definition) is 5. The predicted molar refractivity (Wildman–Crippen MR) is 57.9 cm³/mol. The number of halogens is 1. The van der Waals surface area contributed by atoms with Crippen molar-refractivity contribution in [3.8, 4) is 23.8 Å². The Bertz CT molecular complexity index is 673. The van der Waals surface area contributed by atoms with E-state index in [1.54, 1.807) is 6.07 Å². The lowest BCUT2D eigenvalue weighted by Gasteiger charge is -2.05. The highest BCUT2D eigenvalue weighted by Crippen LogP contribution is 2.25. The number of rotatable bonds is 2. The van der Waals surface area contributed by atoms with Crippen LogP contribution in [0.5, 0.6) is 11.6 Å². The van der Waals surface area contributed by atoms with Gasteiger partial charge in [-0.2, -0.15) is 15.6 Å². The number of benzene rings is 1. The quantitative estimate of drug-likeness (QED) is 0.803. The van der Waals surface area contributed by atoms with Crippen LogP contribution in [0.25, 0.3) is 0 Å². The number of hydrogen-bond donors (Lipinski definition) is 0. The highest BCUT2D eigenvalue weighted by Gasteiger charge is 2.10. The van der Waals surface area contributed by atoms with E-state index in [0.717, 1.165) is 6.07 Å². The molecule has 2 rings (SSSR count). The van der Waals surface area contributed by atoms with E-state index in [4.69, 9.17) is 15.3 Å². The Kier molecular flexibility index (Phi) is 3.13. The van der Waals surface area contributed by atoms with E-state index >= 15 is 0 Å². The van der Waals surface area contributed by atoms with E-state index in [2.05, 4.69) is 10.2 Å². The van der Waals surface area contributed by atoms with Gasteiger partial charge < -0.3 is 4.74 Å². The van der Waals surface area contributed by atoms with Crippen LogP contribution in [0.3, 0.4) is 0 Å². The molecule has 0 amide bonds. The zero-order chi connectivity index (χ0) is 13.0. The second-order valence-corrected chi connectivity index (χ2v) is 3.22. The summed E-state index contributed by atoms with van der Waals surface area (Å²) in [5, 5.41) is 24.6. The first-order valence-electron chi connectivity index (χ1n) is 4.84. The van der Waals surface area contributed by atoms with Crippen LogP contribution in [0.1, 0.15) is 11.1 Å². The summed E-state index contributed by atoms with van der Waals surface area (Å²) in [6.07, 6.45) is 1.33. The third-order valence-electron chi connectivity index (χ3n) is 2.07. The molecular formula is C12H5FN4O. The van der Waals surface area contributed by atoms with Gasteiger partial charge in [0.2, 0.25) is 0 Å². The van der Waals surface area contributed by atoms with Crippen LogP contribution >= 0.6 is 0 Å². The molecule has 2 aromatic rings. The molecule has 0 fully saturated rings. The molecule has 1 aromatic carbocycles. The SMILES string of the molecule is N#Cc1ccc(Oc2nnccc2C#N)c(F)c1. The minimum absolute atomic E-state index is 0.0800. The fraction of sp³-hybridized carbons (Fsp3) is 0. The molecule has 0 atom stereocenters. The van der Waals surface area contributed by atoms with Crippen LogP contribution < -0.4 is 4.74 Å². The van der Waals surface area contributed by atoms with Gasteiger partial charge in [-0.05, 0) is 24.3 Å². The van der Waals surface area contributed by atoms with Crippen LogP contribution in [0, 0.1) is 28.5 Å². The van der Waals surface area contributed by atoms with Crippen molar-refractivity contribution in [2.75, 3.05) is 0 Å². The molecule has 0 radical (unpaired) electrons. The van der Waals surface area contributed by atoms with Gasteiger partial charge in [0.15, 0.2) is 11.6 Å². The largest absolute Gasteiger partial charge is 0.433 e. The fourth-order valence-electron chi connectivity index (χ4n) is 1.24. The van der Waals surface area contributed by atoms with Crippen molar-refractivity contribution < 1.29 is 9.13 Å². The first-order valence-corrected chi connectivity index (χ1v) is 4.84. The Morgan fingerprint density at radius 1 is 1.17 bits per heavy atom. The maximum atomic E-state index is 13.6. The molecule has 0 aliphatic heterocycles. The van der Waals surface area contributed by atoms with Crippen molar-refractivity contribution in [1.29, 1.82) is 10.5 Å². The number of aromatic nitrogens is 2. The molecule has 0 saturated carbocycles. The number of ether oxygens (including phenoxy) is 1. The second kappa shape index (κ2) is 4.89. The topological polar surface area (TPSA) is 82.6 Å². The molecule has 1 aromatic heterocycles. The average Bonchev–Trinajstić information content (AvgIpc) is 2.41. The summed E-state index contributed by atoms with van der Waals surface area (Å²) < 4.78 is 18.7. The van der Waals surface area contributed by atoms with Gasteiger partial charge in [-0.1, -0.05) is 0 Å². The van der Waals surface area contributed by atoms with E-state index in [1.807, 2.05) is 6.07 Å². The molecule has 0 N–H and O–H groups in total. The molecule has 0 aliphatic carbocycles. The minimum Gasteiger partial charge on any atom is -0.433 e. The van der Waals surface area contributed by atoms with Gasteiger partial charge in [-0.15, -0.1) is 5.10 Å². The summed E-state index contributed by atoms with van der Waals surface area (Å²) in [6, 6.07) is 8.81. The highest BCUT2D eigenvalue weighted by molar-refractivity contribution is 5.41. The first-order chi connectivity index (χ1) is 8.74. The molecule has 1 heterocycles. The van der Waals surface area contributed by atoms with Crippen LogP contribution in [-0.2, 0) is 0 Å². The van der Waals surface area contributed by atoms with Gasteiger partial charge in [0.25, 0.3) is 5.88 Å². The summed E-state index contributed by atoms with van der Waals surface area (Å²) in [4.78, 5) is 0. The number of nitrogens with zero attached hydrogens (tertiary/aromatic N) is 4. The third-order valence-corrected chi connectivity index (χ3v) is 2.07. The average molecular weight is 240 g/mol. The monoisotopic (exact) mass is 240 g/mol. The molecule has 0 saturated heterocycles. The van der Waals surface area contributed by atoms with E-state index < -0.39 is 5.82 Å². The zero-order valence-corrected chi connectivity index (χ0v) is 8.96. The van der Waals surface area contributed by atoms with Crippen molar-refractivity contribution in [1.82, 2.24) is 10.2 Å². The van der Waals surface area contributed by atoms with Crippen molar-refractivity contribution in [2.24, 2.45) is 0 Å². The number of nitriles is 2. The van der Waals surface area contributed by atoms with Crippen molar-refractivity contribution in [3.63, 3.8) is 0 Å². The van der Waals surface area contributed by atoms with Gasteiger partial charge in [-0.25, -0.2) is 4.39 Å². The Hall–Kier alpha value is -2.99. The summed E-state index contributed by atoms with van der Waals surface area (Å²) in [5.74, 6) is -0.904. The van der Waals surface area contributed by atoms with Crippen molar-refractivity contribution in [2.45, 2.75) is 0 Å². The lowest BCUT2D eigenvalue weighted by atomic mass is 10.2. The minimum atomic E-state index is -0.705. The summed E-state index contributed by atoms with van der Waals surface area (Å²) in [5.41, 5.74) is 0.327. The maximum absolute atomic E-state index is 13.6. The van der Waals surface area contributed by atoms with Gasteiger partial charge in [0.05, 0.1) is 17.8 Å². The predicted octanol–water partition coefficient (Wildman–Crippen LogP) is 2.15. The Morgan fingerprint density at radius 2 is 2.00 bits per heavy atom. The summed E-state index contributed by atoms with van der Waals surface area (Å²) in [7, 11) is 0. The Balaban J connectivity index is 2.36. The summed E-state index contributed by atoms with van der Waals surface area (Å²) in [6.45, 7) is 0. The first kappa shape index (κ1) is 11.5. The molecule has 0 unspecified atom stereocenters. The van der Waals surface area contributed by atoms with E-state index in [0.29, 0.717) is 0 Å². The van der Waals surface area contributed by atoms with Gasteiger partial charge in [0, 0.05) is 0 Å². The van der Waals surface area contributed by atoms with E-state index in [9.17, 15) is 4.39 Å². The molecule has 0 spiro atoms. The van der Waals surface area contributed by atoms with E-state index in [1.165, 1.54) is 24.4 Å². The molecular weight excluding hydrogens is 235 g/mol. The second-order valence-electron chi connectivity index (χ2n) is 3.22. The van der Waals surface area contributed by atoms with Crippen LogP contribution in [0.2, 0.25) is 0 Å². The smallest absolute Gasteiger partial charge is 0.257 e. The summed E-state index contributed by atoms with van der Waals surface area (Å²) >= 11 is 0. The van der Waals surface area contributed by atoms with Gasteiger partial charge in [0.1, 0.15) is 11.6 Å². The molecule has 5 nitrogen and oxygen atoms in total. The Labute approximate surface area is 102 Å². The Morgan fingerprint density at radius 3 is 2.67 bits per heavy atom. The van der Waals surface area contributed by atoms with Crippen LogP contribution in [0.4, 0.5) is 4.39 Å². The van der Waals surface area contributed by atoms with Crippen LogP contribution in [-0.4, -0.2) is 10.2 Å². The van der Waals surface area contributed by atoms with Gasteiger partial charge >= 0.3 is 0 Å². The zero-order valence-electron chi connectivity index (χ0n) is 8.96. The normalized spacial score (nSPS) is 9.28. The lowest BCUT2D eigenvalue weighted by Crippen LogP contribution is -1.95. The molecule has 6 heteroatoms.